The predicted molar refractivity (Wildman–Crippen MR) is 476 cm³/mol. The first-order chi connectivity index (χ1) is 55.2. The summed E-state index contributed by atoms with van der Waals surface area (Å²) in [6.07, 6.45) is 18.2. The smallest absolute Gasteiger partial charge is 0.408 e. The monoisotopic (exact) mass is 1710 g/mol. The molecule has 4 amide bonds. The predicted octanol–water partition coefficient (Wildman–Crippen LogP) is 20.0. The van der Waals surface area contributed by atoms with Gasteiger partial charge in [-0.05, 0) is 157 Å². The van der Waals surface area contributed by atoms with Crippen molar-refractivity contribution in [2.75, 3.05) is 31.3 Å². The van der Waals surface area contributed by atoms with Gasteiger partial charge in [0.05, 0.1) is 32.1 Å². The van der Waals surface area contributed by atoms with Crippen LogP contribution in [-0.4, -0.2) is 146 Å². The second-order valence-electron chi connectivity index (χ2n) is 34.5. The lowest BCUT2D eigenvalue weighted by Crippen LogP contribution is -2.48. The Kier molecular flexibility index (Phi) is 45.3. The van der Waals surface area contributed by atoms with Gasteiger partial charge in [0.2, 0.25) is 0 Å². The Morgan fingerprint density at radius 1 is 0.573 bits per heavy atom. The van der Waals surface area contributed by atoms with Crippen LogP contribution in [0, 0.1) is 11.8 Å². The minimum absolute atomic E-state index is 0.00779. The van der Waals surface area contributed by atoms with Crippen LogP contribution in [0.4, 0.5) is 9.59 Å². The number of fused-ring (bicyclic) bond motifs is 3. The van der Waals surface area contributed by atoms with Gasteiger partial charge in [0.1, 0.15) is 64.2 Å². The number of nitrogens with zero attached hydrogens (tertiary/aromatic N) is 1. The third kappa shape index (κ3) is 42.1. The van der Waals surface area contributed by atoms with Gasteiger partial charge < -0.3 is 54.4 Å². The third-order valence-electron chi connectivity index (χ3n) is 18.3. The number of carbonyl (C=O) groups is 10. The number of hydrogen-bond donors (Lipinski definition) is 4. The maximum Gasteiger partial charge on any atom is 0.408 e. The van der Waals surface area contributed by atoms with E-state index in [2.05, 4.69) is 91.5 Å². The number of nitrogens with one attached hydrogen (secondary N) is 4. The van der Waals surface area contributed by atoms with Gasteiger partial charge in [0.15, 0.2) is 10.2 Å². The van der Waals surface area contributed by atoms with Gasteiger partial charge in [-0.15, -0.1) is 11.3 Å². The summed E-state index contributed by atoms with van der Waals surface area (Å²) in [7, 11) is -2.87. The molecule has 3 aromatic carbocycles. The van der Waals surface area contributed by atoms with Gasteiger partial charge in [0.25, 0.3) is 11.8 Å². The Balaban J connectivity index is 0.000000513. The van der Waals surface area contributed by atoms with E-state index in [1.54, 1.807) is 59.8 Å². The highest BCUT2D eigenvalue weighted by molar-refractivity contribution is 8.13. The van der Waals surface area contributed by atoms with E-state index < -0.39 is 106 Å². The summed E-state index contributed by atoms with van der Waals surface area (Å²) in [5.74, 6) is -2.85. The highest BCUT2D eigenvalue weighted by atomic mass is 32.2. The molecule has 5 rings (SSSR count). The van der Waals surface area contributed by atoms with Crippen molar-refractivity contribution >= 4 is 109 Å². The molecule has 0 fully saturated rings. The zero-order valence-electron chi connectivity index (χ0n) is 73.1. The van der Waals surface area contributed by atoms with E-state index in [1.807, 2.05) is 101 Å². The molecule has 1 heterocycles. The number of ether oxygens (including phenoxy) is 7. The molecule has 0 bridgehead atoms. The Morgan fingerprint density at radius 2 is 1.04 bits per heavy atom. The molecule has 1 aliphatic carbocycles. The topological polar surface area (TPSA) is 296 Å². The van der Waals surface area contributed by atoms with E-state index in [0.717, 1.165) is 84.9 Å². The van der Waals surface area contributed by atoms with Crippen LogP contribution in [0.25, 0.3) is 11.1 Å². The van der Waals surface area contributed by atoms with Crippen LogP contribution in [0.3, 0.4) is 0 Å². The van der Waals surface area contributed by atoms with E-state index in [4.69, 9.17) is 33.2 Å². The minimum atomic E-state index is -1.47. The molecule has 0 saturated carbocycles. The molecule has 0 unspecified atom stereocenters. The number of allylic oxidation sites excluding steroid dienone is 3. The van der Waals surface area contributed by atoms with Crippen LogP contribution >= 0.6 is 34.9 Å². The number of esters is 4. The summed E-state index contributed by atoms with van der Waals surface area (Å²) in [6.45, 7) is 38.0. The third-order valence-corrected chi connectivity index (χ3v) is 24.6. The lowest BCUT2D eigenvalue weighted by molar-refractivity contribution is -0.157. The number of aromatic nitrogens is 1. The number of thioether (sulfide) groups is 2. The van der Waals surface area contributed by atoms with E-state index in [0.29, 0.717) is 61.0 Å². The van der Waals surface area contributed by atoms with Gasteiger partial charge >= 0.3 is 36.1 Å². The molecule has 4 N–H and O–H groups in total. The molecule has 22 nitrogen and oxygen atoms in total. The number of amides is 4. The molecular formula is C90H135N5O17S3Si2. The Labute approximate surface area is 711 Å². The van der Waals surface area contributed by atoms with E-state index in [1.165, 1.54) is 65.6 Å². The highest BCUT2D eigenvalue weighted by Crippen LogP contribution is 2.44. The number of carbonyl (C=O) groups excluding carboxylic acids is 10. The molecule has 1 aliphatic rings. The number of hydrogen-bond acceptors (Lipinski definition) is 21. The van der Waals surface area contributed by atoms with Crippen LogP contribution in [0.15, 0.2) is 114 Å². The SMILES string of the molecule is C/C=C(\NC(=O)c1csc([C@@H](Cc2ccc(OC(C)(C)C)cc2)NC(=O)OC(C)(C)C)n1)C(=O)N[C@H](C(=O)O[C@H](/C=C/CCSC(=O)CCCCCCC)CC(=O)OCC[Si](C)(C)C)C(C)C.CCCCCCCC(=O)SCC/C=C/[C@H](CC(=O)OCC[Si](C)(C)C)OC(=O)[C@@H](NC(=O)OCC1c2ccccc2-c2ccccc21)C(C)C. The zero-order chi connectivity index (χ0) is 86.9. The van der Waals surface area contributed by atoms with Crippen molar-refractivity contribution in [3.63, 3.8) is 0 Å². The number of unbranched alkanes of at least 4 members (excludes halogenated alkanes) is 8. The lowest BCUT2D eigenvalue weighted by atomic mass is 9.98. The van der Waals surface area contributed by atoms with Crippen LogP contribution < -0.4 is 26.0 Å². The standard InChI is InChI=1S/C50H78N4O10S2Si.C40H57NO7SSi/c1-14-16-17-18-19-23-42(56)65-29-21-20-22-37(32-41(55)61-28-30-67(11,12)13)62-47(59)43(34(3)4)54-44(57)38(15-2)51-45(58)40-33-66-46(52-40)39(53-48(60)64-50(8,9)10)31-35-24-26-36(27-25-35)63-49(5,6)7;1-7-8-9-10-11-23-37(43)49-25-17-16-18-30(27-36(42)46-24-26-50(4,5)6)48-39(44)38(29(2)3)41-40(45)47-28-35-33-21-14-12-19-31(33)32-20-13-15-22-34(32)35/h15,20,22,24-27,33-34,37,39,43H,14,16-19,21,23,28-32H2,1-13H3,(H,51,58)(H,53,60)(H,54,57);12-16,18-22,29-30,35,38H,7-11,17,23-28H2,1-6H3,(H,41,45)/b22-20+,38-15-;18-16+/t37-,39-,43+;30-,38+/m11/s1. The molecule has 0 spiro atoms. The molecule has 117 heavy (non-hydrogen) atoms. The molecule has 27 heteroatoms. The van der Waals surface area contributed by atoms with Crippen LogP contribution in [0.2, 0.25) is 51.4 Å². The normalized spacial score (nSPS) is 13.7. The van der Waals surface area contributed by atoms with Gasteiger partial charge in [-0.1, -0.05) is 235 Å². The largest absolute Gasteiger partial charge is 0.488 e. The van der Waals surface area contributed by atoms with E-state index >= 15 is 0 Å². The summed E-state index contributed by atoms with van der Waals surface area (Å²) in [4.78, 5) is 135. The molecule has 1 aromatic heterocycles. The molecule has 0 saturated heterocycles. The van der Waals surface area contributed by atoms with Crippen LogP contribution in [0.5, 0.6) is 5.75 Å². The molecule has 0 aliphatic heterocycles. The van der Waals surface area contributed by atoms with Crippen molar-refractivity contribution in [3.05, 3.63) is 142 Å². The molecule has 0 radical (unpaired) electrons. The fourth-order valence-corrected chi connectivity index (χ4v) is 15.7. The number of rotatable bonds is 48. The quantitative estimate of drug-likeness (QED) is 0.00798. The summed E-state index contributed by atoms with van der Waals surface area (Å²) >= 11 is 3.74. The van der Waals surface area contributed by atoms with Gasteiger partial charge in [0, 0.05) is 51.8 Å². The van der Waals surface area contributed by atoms with E-state index in [9.17, 15) is 47.9 Å². The van der Waals surface area contributed by atoms with Crippen molar-refractivity contribution in [2.24, 2.45) is 11.8 Å². The number of benzene rings is 3. The molecular weight excluding hydrogens is 1580 g/mol. The maximum atomic E-state index is 13.8. The first-order valence-corrected chi connectivity index (χ1v) is 51.9. The van der Waals surface area contributed by atoms with Gasteiger partial charge in [-0.25, -0.2) is 24.2 Å². The van der Waals surface area contributed by atoms with E-state index in [-0.39, 0.29) is 65.1 Å². The first kappa shape index (κ1) is 101. The average Bonchev–Trinajstić information content (AvgIpc) is 1.62. The Hall–Kier alpha value is -7.86. The second kappa shape index (κ2) is 52.2. The van der Waals surface area contributed by atoms with Crippen molar-refractivity contribution < 1.29 is 81.1 Å². The zero-order valence-corrected chi connectivity index (χ0v) is 77.5. The van der Waals surface area contributed by atoms with Gasteiger partial charge in [-0.3, -0.25) is 28.8 Å². The Bertz CT molecular complexity index is 3840. The summed E-state index contributed by atoms with van der Waals surface area (Å²) in [5, 5.41) is 13.2. The van der Waals surface area contributed by atoms with Gasteiger partial charge in [-0.2, -0.15) is 0 Å². The fraction of sp³-hybridized carbons (Fsp3) is 0.589. The number of thiazole rings is 1. The van der Waals surface area contributed by atoms with Crippen molar-refractivity contribution in [2.45, 2.75) is 298 Å². The lowest BCUT2D eigenvalue weighted by Gasteiger charge is -2.24. The Morgan fingerprint density at radius 3 is 1.49 bits per heavy atom. The summed E-state index contributed by atoms with van der Waals surface area (Å²) in [5.41, 5.74) is 4.07. The summed E-state index contributed by atoms with van der Waals surface area (Å²) < 4.78 is 39.8. The maximum absolute atomic E-state index is 13.8. The van der Waals surface area contributed by atoms with Crippen LogP contribution in [0.1, 0.15) is 237 Å². The van der Waals surface area contributed by atoms with Crippen LogP contribution in [-0.2, 0) is 68.4 Å². The molecule has 648 valence electrons. The number of alkyl carbamates (subject to hydrolysis) is 2. The first-order valence-electron chi connectivity index (χ1n) is 41.7. The van der Waals surface area contributed by atoms with Crippen molar-refractivity contribution in [1.29, 1.82) is 0 Å². The van der Waals surface area contributed by atoms with Crippen molar-refractivity contribution in [3.8, 4) is 16.9 Å². The summed E-state index contributed by atoms with van der Waals surface area (Å²) in [6, 6.07) is 22.5. The fourth-order valence-electron chi connectivity index (χ4n) is 11.9. The second-order valence-corrected chi connectivity index (χ2v) is 48.9. The average molecular weight is 1710 g/mol. The minimum Gasteiger partial charge on any atom is -0.488 e. The molecule has 5 atom stereocenters. The van der Waals surface area contributed by atoms with Crippen molar-refractivity contribution in [1.82, 2.24) is 26.3 Å². The highest BCUT2D eigenvalue weighted by Gasteiger charge is 2.35. The molecule has 4 aromatic rings.